The van der Waals surface area contributed by atoms with Gasteiger partial charge in [0, 0.05) is 38.2 Å². The Balaban J connectivity index is 1.32. The molecule has 208 valence electrons. The quantitative estimate of drug-likeness (QED) is 0.232. The van der Waals surface area contributed by atoms with Crippen molar-refractivity contribution in [3.8, 4) is 22.8 Å². The molecule has 2 aromatic heterocycles. The van der Waals surface area contributed by atoms with E-state index in [1.165, 1.54) is 12.1 Å². The van der Waals surface area contributed by atoms with Crippen molar-refractivity contribution < 1.29 is 18.4 Å². The lowest BCUT2D eigenvalue weighted by Crippen LogP contribution is -2.49. The summed E-state index contributed by atoms with van der Waals surface area (Å²) in [6.07, 6.45) is 0.686. The molecule has 6 rings (SSSR count). The number of hydrogen-bond donors (Lipinski definition) is 0. The third-order valence-electron chi connectivity index (χ3n) is 7.01. The van der Waals surface area contributed by atoms with E-state index in [1.807, 2.05) is 54.6 Å². The van der Waals surface area contributed by atoms with Crippen LogP contribution in [0.25, 0.3) is 22.4 Å². The Hall–Kier alpha value is -4.79. The molecule has 0 saturated carbocycles. The van der Waals surface area contributed by atoms with Crippen LogP contribution in [0.5, 0.6) is 11.5 Å². The monoisotopic (exact) mass is 551 g/mol. The summed E-state index contributed by atoms with van der Waals surface area (Å²) in [4.78, 5) is 26.5. The van der Waals surface area contributed by atoms with Gasteiger partial charge in [-0.25, -0.2) is 9.37 Å². The molecule has 1 saturated heterocycles. The predicted octanol–water partition coefficient (Wildman–Crippen LogP) is 6.38. The molecular weight excluding hydrogens is 521 g/mol. The number of carbonyl (C=O) groups excluding carboxylic acids is 1. The van der Waals surface area contributed by atoms with Gasteiger partial charge in [-0.15, -0.1) is 0 Å². The van der Waals surface area contributed by atoms with Gasteiger partial charge in [-0.3, -0.25) is 4.79 Å². The Morgan fingerprint density at radius 1 is 0.927 bits per heavy atom. The molecule has 8 nitrogen and oxygen atoms in total. The van der Waals surface area contributed by atoms with Crippen molar-refractivity contribution in [2.75, 3.05) is 31.1 Å². The van der Waals surface area contributed by atoms with Crippen molar-refractivity contribution in [2.24, 2.45) is 5.92 Å². The molecule has 0 aliphatic carbocycles. The Morgan fingerprint density at radius 3 is 2.41 bits per heavy atom. The van der Waals surface area contributed by atoms with Crippen molar-refractivity contribution in [3.05, 3.63) is 96.1 Å². The topological polar surface area (TPSA) is 84.6 Å². The van der Waals surface area contributed by atoms with Crippen molar-refractivity contribution >= 4 is 22.8 Å². The number of para-hydroxylation sites is 1. The average molecular weight is 552 g/mol. The second-order valence-electron chi connectivity index (χ2n) is 10.5. The lowest BCUT2D eigenvalue weighted by molar-refractivity contribution is 0.0742. The second kappa shape index (κ2) is 11.4. The van der Waals surface area contributed by atoms with Gasteiger partial charge in [0.15, 0.2) is 0 Å². The highest BCUT2D eigenvalue weighted by molar-refractivity contribution is 5.98. The van der Waals surface area contributed by atoms with Gasteiger partial charge >= 0.3 is 0 Å². The van der Waals surface area contributed by atoms with Crippen molar-refractivity contribution in [1.29, 1.82) is 0 Å². The predicted molar refractivity (Wildman–Crippen MR) is 155 cm³/mol. The van der Waals surface area contributed by atoms with Crippen LogP contribution >= 0.6 is 0 Å². The molecule has 0 atom stereocenters. The fourth-order valence-electron chi connectivity index (χ4n) is 5.02. The Kier molecular flexibility index (Phi) is 7.33. The zero-order valence-electron chi connectivity index (χ0n) is 23.0. The maximum absolute atomic E-state index is 14.3. The number of benzene rings is 3. The standard InChI is InChI=1S/C32H30FN5O3/c1-21(2)19-27-34-30(37-15-17-38(18-16-37)32(39)25-13-6-7-14-26(25)33)28-29(36-41-31(28)35-27)22-9-8-12-24(20-22)40-23-10-4-3-5-11-23/h3-14,20-21H,15-19H2,1-2H3. The van der Waals surface area contributed by atoms with Crippen LogP contribution in [0.1, 0.15) is 30.0 Å². The third-order valence-corrected chi connectivity index (χ3v) is 7.01. The minimum atomic E-state index is -0.511. The van der Waals surface area contributed by atoms with Crippen LogP contribution in [0.4, 0.5) is 10.2 Å². The van der Waals surface area contributed by atoms with Gasteiger partial charge in [-0.1, -0.05) is 61.5 Å². The third kappa shape index (κ3) is 5.61. The van der Waals surface area contributed by atoms with E-state index in [9.17, 15) is 9.18 Å². The summed E-state index contributed by atoms with van der Waals surface area (Å²) < 4.78 is 26.1. The van der Waals surface area contributed by atoms with E-state index < -0.39 is 5.82 Å². The molecule has 41 heavy (non-hydrogen) atoms. The summed E-state index contributed by atoms with van der Waals surface area (Å²) in [6, 6.07) is 23.3. The molecule has 1 fully saturated rings. The zero-order chi connectivity index (χ0) is 28.3. The minimum Gasteiger partial charge on any atom is -0.457 e. The second-order valence-corrected chi connectivity index (χ2v) is 10.5. The Labute approximate surface area is 237 Å². The van der Waals surface area contributed by atoms with Crippen LogP contribution in [0.15, 0.2) is 83.4 Å². The summed E-state index contributed by atoms with van der Waals surface area (Å²) in [5.74, 6) is 2.33. The molecule has 3 heterocycles. The molecule has 1 amide bonds. The first-order valence-electron chi connectivity index (χ1n) is 13.7. The molecular formula is C32H30FN5O3. The number of amides is 1. The number of piperazine rings is 1. The summed E-state index contributed by atoms with van der Waals surface area (Å²) in [7, 11) is 0. The lowest BCUT2D eigenvalue weighted by atomic mass is 10.1. The van der Waals surface area contributed by atoms with Crippen molar-refractivity contribution in [1.82, 2.24) is 20.0 Å². The molecule has 1 aliphatic rings. The number of ether oxygens (including phenoxy) is 1. The van der Waals surface area contributed by atoms with Gasteiger partial charge in [0.2, 0.25) is 0 Å². The fourth-order valence-corrected chi connectivity index (χ4v) is 5.02. The smallest absolute Gasteiger partial charge is 0.263 e. The highest BCUT2D eigenvalue weighted by Crippen LogP contribution is 2.36. The van der Waals surface area contributed by atoms with Crippen LogP contribution in [-0.2, 0) is 6.42 Å². The molecule has 1 aliphatic heterocycles. The molecule has 0 spiro atoms. The fraction of sp³-hybridized carbons (Fsp3) is 0.250. The number of fused-ring (bicyclic) bond motifs is 1. The largest absolute Gasteiger partial charge is 0.457 e. The van der Waals surface area contributed by atoms with Gasteiger partial charge in [-0.2, -0.15) is 4.98 Å². The van der Waals surface area contributed by atoms with Crippen molar-refractivity contribution in [3.63, 3.8) is 0 Å². The number of hydrogen-bond acceptors (Lipinski definition) is 7. The number of anilines is 1. The summed E-state index contributed by atoms with van der Waals surface area (Å²) >= 11 is 0. The lowest BCUT2D eigenvalue weighted by Gasteiger charge is -2.35. The molecule has 0 radical (unpaired) electrons. The van der Waals surface area contributed by atoms with Gasteiger partial charge in [-0.05, 0) is 42.3 Å². The van der Waals surface area contributed by atoms with Crippen LogP contribution < -0.4 is 9.64 Å². The Morgan fingerprint density at radius 2 is 1.66 bits per heavy atom. The van der Waals surface area contributed by atoms with E-state index in [0.29, 0.717) is 72.7 Å². The molecule has 0 unspecified atom stereocenters. The minimum absolute atomic E-state index is 0.0866. The number of rotatable bonds is 7. The molecule has 9 heteroatoms. The van der Waals surface area contributed by atoms with E-state index in [2.05, 4.69) is 23.9 Å². The van der Waals surface area contributed by atoms with Crippen LogP contribution in [-0.4, -0.2) is 52.1 Å². The highest BCUT2D eigenvalue weighted by Gasteiger charge is 2.28. The van der Waals surface area contributed by atoms with Crippen LogP contribution in [0.2, 0.25) is 0 Å². The van der Waals surface area contributed by atoms with Crippen LogP contribution in [0.3, 0.4) is 0 Å². The highest BCUT2D eigenvalue weighted by atomic mass is 19.1. The molecule has 5 aromatic rings. The number of halogens is 1. The van der Waals surface area contributed by atoms with E-state index in [4.69, 9.17) is 19.2 Å². The number of carbonyl (C=O) groups is 1. The number of nitrogens with zero attached hydrogens (tertiary/aromatic N) is 5. The van der Waals surface area contributed by atoms with E-state index >= 15 is 0 Å². The molecule has 0 bridgehead atoms. The van der Waals surface area contributed by atoms with Gasteiger partial charge in [0.25, 0.3) is 11.6 Å². The van der Waals surface area contributed by atoms with Crippen LogP contribution in [0, 0.1) is 11.7 Å². The van der Waals surface area contributed by atoms with E-state index in [-0.39, 0.29) is 11.5 Å². The first-order chi connectivity index (χ1) is 20.0. The SMILES string of the molecule is CC(C)Cc1nc(N2CCN(C(=O)c3ccccc3F)CC2)c2c(-c3cccc(Oc4ccccc4)c3)noc2n1. The maximum Gasteiger partial charge on any atom is 0.263 e. The summed E-state index contributed by atoms with van der Waals surface area (Å²) in [6.45, 7) is 6.14. The first-order valence-corrected chi connectivity index (χ1v) is 13.7. The number of aromatic nitrogens is 3. The first kappa shape index (κ1) is 26.4. The molecule has 0 N–H and O–H groups in total. The van der Waals surface area contributed by atoms with Gasteiger partial charge in [0.1, 0.15) is 40.0 Å². The Bertz CT molecular complexity index is 1680. The zero-order valence-corrected chi connectivity index (χ0v) is 23.0. The summed E-state index contributed by atoms with van der Waals surface area (Å²) in [5.41, 5.74) is 1.94. The van der Waals surface area contributed by atoms with E-state index in [0.717, 1.165) is 11.3 Å². The van der Waals surface area contributed by atoms with Gasteiger partial charge < -0.3 is 19.1 Å². The molecule has 3 aromatic carbocycles. The van der Waals surface area contributed by atoms with Crippen molar-refractivity contribution in [2.45, 2.75) is 20.3 Å². The maximum atomic E-state index is 14.3. The summed E-state index contributed by atoms with van der Waals surface area (Å²) in [5, 5.41) is 5.13. The average Bonchev–Trinajstić information content (AvgIpc) is 3.41. The van der Waals surface area contributed by atoms with Gasteiger partial charge in [0.05, 0.1) is 5.56 Å². The normalized spacial score (nSPS) is 13.7. The van der Waals surface area contributed by atoms with E-state index in [1.54, 1.807) is 17.0 Å².